The summed E-state index contributed by atoms with van der Waals surface area (Å²) in [6, 6.07) is 33.3. The molecule has 0 atom stereocenters. The quantitative estimate of drug-likeness (QED) is 0.166. The van der Waals surface area contributed by atoms with E-state index in [9.17, 15) is 0 Å². The maximum absolute atomic E-state index is 6.22. The van der Waals surface area contributed by atoms with Gasteiger partial charge in [0, 0.05) is 29.2 Å². The molecular formula is C36H30N4PtS2. The van der Waals surface area contributed by atoms with E-state index in [-0.39, 0.29) is 21.1 Å². The van der Waals surface area contributed by atoms with Gasteiger partial charge in [0.05, 0.1) is 16.8 Å². The van der Waals surface area contributed by atoms with Gasteiger partial charge in [-0.25, -0.2) is 9.97 Å². The monoisotopic (exact) mass is 777 g/mol. The minimum atomic E-state index is -0.607. The second kappa shape index (κ2) is 10.9. The topological polar surface area (TPSA) is 35.6 Å². The van der Waals surface area contributed by atoms with Crippen molar-refractivity contribution in [2.24, 2.45) is 0 Å². The number of rotatable bonds is 2. The van der Waals surface area contributed by atoms with Crippen molar-refractivity contribution in [2.75, 3.05) is 0 Å². The van der Waals surface area contributed by atoms with Crippen molar-refractivity contribution in [3.05, 3.63) is 132 Å². The molecule has 4 aromatic carbocycles. The number of aromatic nitrogens is 4. The Morgan fingerprint density at radius 2 is 0.907 bits per heavy atom. The third-order valence-electron chi connectivity index (χ3n) is 8.53. The van der Waals surface area contributed by atoms with Crippen molar-refractivity contribution in [1.29, 1.82) is 0 Å². The number of hydrogen-bond donors (Lipinski definition) is 0. The van der Waals surface area contributed by atoms with Gasteiger partial charge in [-0.2, -0.15) is 9.79 Å². The zero-order chi connectivity index (χ0) is 29.2. The van der Waals surface area contributed by atoms with Gasteiger partial charge in [0.2, 0.25) is 0 Å². The van der Waals surface area contributed by atoms with Crippen molar-refractivity contribution in [1.82, 2.24) is 19.1 Å². The summed E-state index contributed by atoms with van der Waals surface area (Å²) in [6.45, 7) is 8.78. The molecule has 0 unspecified atom stereocenters. The van der Waals surface area contributed by atoms with E-state index < -0.39 is 10.8 Å². The van der Waals surface area contributed by atoms with Gasteiger partial charge in [-0.15, -0.1) is 0 Å². The van der Waals surface area contributed by atoms with Gasteiger partial charge in [-0.05, 0) is 49.2 Å². The average Bonchev–Trinajstić information content (AvgIpc) is 3.65. The van der Waals surface area contributed by atoms with Crippen molar-refractivity contribution >= 4 is 25.3 Å². The predicted molar refractivity (Wildman–Crippen MR) is 174 cm³/mol. The molecule has 1 aliphatic rings. The van der Waals surface area contributed by atoms with Gasteiger partial charge in [-0.3, -0.25) is 0 Å². The average molecular weight is 778 g/mol. The fourth-order valence-electron chi connectivity index (χ4n) is 6.18. The van der Waals surface area contributed by atoms with Crippen LogP contribution in [0.15, 0.2) is 119 Å². The Kier molecular flexibility index (Phi) is 7.45. The van der Waals surface area contributed by atoms with Crippen LogP contribution < -0.4 is 0 Å². The number of nitrogens with zero attached hydrogens (tertiary/aromatic N) is 4. The van der Waals surface area contributed by atoms with E-state index in [0.717, 1.165) is 66.5 Å². The van der Waals surface area contributed by atoms with Crippen LogP contribution in [0.5, 0.6) is 0 Å². The van der Waals surface area contributed by atoms with Crippen LogP contribution >= 0.6 is 0 Å². The molecule has 7 rings (SSSR count). The molecule has 43 heavy (non-hydrogen) atoms. The summed E-state index contributed by atoms with van der Waals surface area (Å²) in [7, 11) is 0. The molecule has 0 radical (unpaired) electrons. The standard InChI is InChI=1S/C36H32N4S2.Pt/c1-35(2)27-19-11-17-25(31(27)41)29-21-39(23-13-7-5-8-14-23)33(37-29)36(3,4)34-38-30(26-18-12-20-28(35)32(26)42)22-40(34)24-15-9-6-10-16-24;/h5-22,41-42H,1-4H3;/q;+2/p-2. The smallest absolute Gasteiger partial charge is 0.779 e. The molecule has 3 heterocycles. The Labute approximate surface area is 278 Å². The van der Waals surface area contributed by atoms with E-state index in [1.54, 1.807) is 0 Å². The molecule has 1 aliphatic heterocycles. The maximum atomic E-state index is 6.22. The molecule has 0 N–H and O–H groups in total. The third-order valence-corrected chi connectivity index (χ3v) is 9.41. The normalized spacial score (nSPS) is 14.4. The summed E-state index contributed by atoms with van der Waals surface area (Å²) < 4.78 is 4.37. The zero-order valence-corrected chi connectivity index (χ0v) is 28.2. The second-order valence-corrected chi connectivity index (χ2v) is 12.7. The van der Waals surface area contributed by atoms with Crippen LogP contribution in [0.25, 0.3) is 33.9 Å². The summed E-state index contributed by atoms with van der Waals surface area (Å²) in [4.78, 5) is 12.3. The number of hydrogen-bond acceptors (Lipinski definition) is 4. The van der Waals surface area contributed by atoms with E-state index in [1.165, 1.54) is 0 Å². The molecule has 7 heteroatoms. The largest absolute Gasteiger partial charge is 2.00 e. The molecule has 4 nitrogen and oxygen atoms in total. The van der Waals surface area contributed by atoms with Crippen LogP contribution in [-0.2, 0) is 57.2 Å². The predicted octanol–water partition coefficient (Wildman–Crippen LogP) is 8.17. The van der Waals surface area contributed by atoms with Gasteiger partial charge in [0.25, 0.3) is 0 Å². The zero-order valence-electron chi connectivity index (χ0n) is 24.3. The third kappa shape index (κ3) is 4.68. The van der Waals surface area contributed by atoms with Crippen molar-refractivity contribution in [3.63, 3.8) is 0 Å². The van der Waals surface area contributed by atoms with Crippen molar-refractivity contribution in [3.8, 4) is 33.9 Å². The van der Waals surface area contributed by atoms with E-state index >= 15 is 0 Å². The number of fused-ring (bicyclic) bond motifs is 10. The van der Waals surface area contributed by atoms with Crippen LogP contribution in [0.4, 0.5) is 0 Å². The van der Waals surface area contributed by atoms with Gasteiger partial charge >= 0.3 is 21.1 Å². The van der Waals surface area contributed by atoms with Gasteiger partial charge in [0.15, 0.2) is 0 Å². The Balaban J connectivity index is 0.00000329. The number of benzene rings is 4. The molecule has 6 aromatic rings. The van der Waals surface area contributed by atoms with Crippen molar-refractivity contribution < 1.29 is 21.1 Å². The van der Waals surface area contributed by atoms with Crippen LogP contribution in [-0.4, -0.2) is 19.1 Å². The Bertz CT molecular complexity index is 1820. The molecule has 8 bridgehead atoms. The minimum Gasteiger partial charge on any atom is -0.779 e. The summed E-state index contributed by atoms with van der Waals surface area (Å²) in [5.74, 6) is 1.75. The molecule has 0 aliphatic carbocycles. The SMILES string of the molecule is CC1(C)c2cccc(c2[S-])-c2cn(-c3ccccc3)c(n2)C(C)(C)c2nc(cn2-c2ccccc2)-c2cccc1c2[S-].[Pt+2]. The first-order valence-corrected chi connectivity index (χ1v) is 14.9. The van der Waals surface area contributed by atoms with Crippen LogP contribution in [0.2, 0.25) is 0 Å². The first kappa shape index (κ1) is 29.5. The fraction of sp³-hybridized carbons (Fsp3) is 0.167. The molecule has 0 saturated heterocycles. The van der Waals surface area contributed by atoms with Crippen molar-refractivity contribution in [2.45, 2.75) is 48.3 Å². The van der Waals surface area contributed by atoms with Crippen LogP contribution in [0.1, 0.15) is 50.5 Å². The number of para-hydroxylation sites is 2. The molecule has 0 amide bonds. The van der Waals surface area contributed by atoms with E-state index in [0.29, 0.717) is 0 Å². The van der Waals surface area contributed by atoms with E-state index in [2.05, 4.69) is 134 Å². The molecule has 0 saturated carbocycles. The van der Waals surface area contributed by atoms with Gasteiger partial charge in [0.1, 0.15) is 11.6 Å². The van der Waals surface area contributed by atoms with E-state index in [4.69, 9.17) is 35.2 Å². The summed E-state index contributed by atoms with van der Waals surface area (Å²) in [6.07, 6.45) is 4.23. The molecular weight excluding hydrogens is 748 g/mol. The Hall–Kier alpha value is -3.57. The second-order valence-electron chi connectivity index (χ2n) is 11.9. The van der Waals surface area contributed by atoms with E-state index in [1.807, 2.05) is 12.1 Å². The molecule has 0 fully saturated rings. The summed E-state index contributed by atoms with van der Waals surface area (Å²) in [5, 5.41) is 0. The molecule has 0 spiro atoms. The molecule has 216 valence electrons. The molecule has 2 aromatic heterocycles. The van der Waals surface area contributed by atoms with Gasteiger partial charge in [-0.1, -0.05) is 97.8 Å². The first-order chi connectivity index (χ1) is 20.2. The van der Waals surface area contributed by atoms with Gasteiger partial charge < -0.3 is 34.4 Å². The van der Waals surface area contributed by atoms with Crippen LogP contribution in [0, 0.1) is 0 Å². The first-order valence-electron chi connectivity index (χ1n) is 14.1. The maximum Gasteiger partial charge on any atom is 2.00 e. The fourth-order valence-corrected chi connectivity index (χ4v) is 7.17. The number of imidazole rings is 2. The van der Waals surface area contributed by atoms with Crippen LogP contribution in [0.3, 0.4) is 0 Å². The Morgan fingerprint density at radius 1 is 0.512 bits per heavy atom. The Morgan fingerprint density at radius 3 is 1.30 bits per heavy atom. The minimum absolute atomic E-state index is 0. The summed E-state index contributed by atoms with van der Waals surface area (Å²) >= 11 is 12.4. The summed E-state index contributed by atoms with van der Waals surface area (Å²) in [5.41, 5.74) is 6.69.